The quantitative estimate of drug-likeness (QED) is 0.321. The van der Waals surface area contributed by atoms with Gasteiger partial charge < -0.3 is 19.5 Å². The van der Waals surface area contributed by atoms with Crippen LogP contribution in [0.2, 0.25) is 0 Å². The van der Waals surface area contributed by atoms with Gasteiger partial charge in [0.15, 0.2) is 11.8 Å². The maximum Gasteiger partial charge on any atom is 0.194 e. The topological polar surface area (TPSA) is 67.6 Å². The van der Waals surface area contributed by atoms with Gasteiger partial charge in [0, 0.05) is 45.3 Å². The standard InChI is InChI=1S/C20H32N6OS.HI/c1-16-23-24-19(26(16)3)15-22-20(21-10-6-18-5-4-14-28-18)25(2)11-7-17-8-12-27-13-9-17;/h4-5,14,17H,6-13,15H2,1-3H3,(H,21,22);1H. The van der Waals surface area contributed by atoms with Gasteiger partial charge in [0.1, 0.15) is 12.4 Å². The summed E-state index contributed by atoms with van der Waals surface area (Å²) >= 11 is 1.80. The number of aryl methyl sites for hydroxylation is 1. The molecule has 0 atom stereocenters. The van der Waals surface area contributed by atoms with Crippen molar-refractivity contribution in [1.82, 2.24) is 25.0 Å². The van der Waals surface area contributed by atoms with Gasteiger partial charge in [-0.1, -0.05) is 6.07 Å². The highest BCUT2D eigenvalue weighted by Crippen LogP contribution is 2.18. The van der Waals surface area contributed by atoms with Gasteiger partial charge >= 0.3 is 0 Å². The number of ether oxygens (including phenoxy) is 1. The predicted molar refractivity (Wildman–Crippen MR) is 129 cm³/mol. The van der Waals surface area contributed by atoms with Gasteiger partial charge in [0.05, 0.1) is 0 Å². The van der Waals surface area contributed by atoms with Crippen LogP contribution >= 0.6 is 35.3 Å². The lowest BCUT2D eigenvalue weighted by atomic mass is 9.96. The second-order valence-corrected chi connectivity index (χ2v) is 8.42. The predicted octanol–water partition coefficient (Wildman–Crippen LogP) is 3.24. The summed E-state index contributed by atoms with van der Waals surface area (Å²) in [7, 11) is 4.11. The fourth-order valence-electron chi connectivity index (χ4n) is 3.32. The van der Waals surface area contributed by atoms with Gasteiger partial charge in [-0.3, -0.25) is 0 Å². The molecule has 1 aliphatic rings. The van der Waals surface area contributed by atoms with Crippen LogP contribution in [0.15, 0.2) is 22.5 Å². The third-order valence-corrected chi connectivity index (χ3v) is 6.30. The van der Waals surface area contributed by atoms with E-state index >= 15 is 0 Å². The van der Waals surface area contributed by atoms with Gasteiger partial charge in [0.2, 0.25) is 0 Å². The molecular formula is C20H33IN6OS. The van der Waals surface area contributed by atoms with Crippen LogP contribution in [0, 0.1) is 12.8 Å². The van der Waals surface area contributed by atoms with E-state index < -0.39 is 0 Å². The van der Waals surface area contributed by atoms with Crippen molar-refractivity contribution in [2.24, 2.45) is 18.0 Å². The van der Waals surface area contributed by atoms with Crippen molar-refractivity contribution in [2.75, 3.05) is 33.4 Å². The van der Waals surface area contributed by atoms with Crippen molar-refractivity contribution in [2.45, 2.75) is 39.2 Å². The minimum Gasteiger partial charge on any atom is -0.381 e. The van der Waals surface area contributed by atoms with Crippen molar-refractivity contribution in [3.8, 4) is 0 Å². The van der Waals surface area contributed by atoms with Crippen molar-refractivity contribution in [3.05, 3.63) is 34.0 Å². The highest BCUT2D eigenvalue weighted by molar-refractivity contribution is 14.0. The summed E-state index contributed by atoms with van der Waals surface area (Å²) in [6.07, 6.45) is 4.52. The zero-order chi connectivity index (χ0) is 19.8. The fourth-order valence-corrected chi connectivity index (χ4v) is 4.02. The maximum atomic E-state index is 5.48. The van der Waals surface area contributed by atoms with Crippen molar-refractivity contribution in [1.29, 1.82) is 0 Å². The first kappa shape index (κ1) is 24.1. The Morgan fingerprint density at radius 1 is 1.38 bits per heavy atom. The van der Waals surface area contributed by atoms with Crippen molar-refractivity contribution >= 4 is 41.3 Å². The van der Waals surface area contributed by atoms with Crippen LogP contribution in [0.5, 0.6) is 0 Å². The van der Waals surface area contributed by atoms with E-state index in [0.717, 1.165) is 56.3 Å². The number of guanidine groups is 1. The largest absolute Gasteiger partial charge is 0.381 e. The zero-order valence-electron chi connectivity index (χ0n) is 17.6. The summed E-state index contributed by atoms with van der Waals surface area (Å²) in [6, 6.07) is 4.28. The summed E-state index contributed by atoms with van der Waals surface area (Å²) < 4.78 is 7.47. The molecule has 0 saturated carbocycles. The van der Waals surface area contributed by atoms with E-state index in [-0.39, 0.29) is 24.0 Å². The van der Waals surface area contributed by atoms with E-state index in [2.05, 4.69) is 45.0 Å². The van der Waals surface area contributed by atoms with Crippen molar-refractivity contribution in [3.63, 3.8) is 0 Å². The third-order valence-electron chi connectivity index (χ3n) is 5.36. The minimum atomic E-state index is 0. The number of hydrogen-bond acceptors (Lipinski definition) is 5. The normalized spacial score (nSPS) is 15.2. The molecule has 2 aromatic heterocycles. The first-order valence-corrected chi connectivity index (χ1v) is 11.0. The number of nitrogens with one attached hydrogen (secondary N) is 1. The second kappa shape index (κ2) is 12.5. The Morgan fingerprint density at radius 3 is 2.83 bits per heavy atom. The highest BCUT2D eigenvalue weighted by atomic mass is 127. The minimum absolute atomic E-state index is 0. The van der Waals surface area contributed by atoms with Gasteiger partial charge in [-0.25, -0.2) is 4.99 Å². The summed E-state index contributed by atoms with van der Waals surface area (Å²) in [5.74, 6) is 3.48. The number of thiophene rings is 1. The number of nitrogens with zero attached hydrogens (tertiary/aromatic N) is 5. The molecule has 1 aliphatic heterocycles. The van der Waals surface area contributed by atoms with E-state index in [1.54, 1.807) is 11.3 Å². The molecule has 162 valence electrons. The number of aromatic nitrogens is 3. The Bertz CT molecular complexity index is 742. The SMILES string of the molecule is Cc1nnc(CN=C(NCCc2cccs2)N(C)CCC2CCOCC2)n1C.I. The first-order chi connectivity index (χ1) is 13.6. The van der Waals surface area contributed by atoms with Crippen LogP contribution < -0.4 is 5.32 Å². The molecule has 1 N–H and O–H groups in total. The Morgan fingerprint density at radius 2 is 2.17 bits per heavy atom. The third kappa shape index (κ3) is 7.53. The van der Waals surface area contributed by atoms with Crippen LogP contribution in [-0.4, -0.2) is 59.0 Å². The van der Waals surface area contributed by atoms with Gasteiger partial charge in [-0.15, -0.1) is 45.5 Å². The average Bonchev–Trinajstić information content (AvgIpc) is 3.34. The second-order valence-electron chi connectivity index (χ2n) is 7.38. The zero-order valence-corrected chi connectivity index (χ0v) is 20.8. The van der Waals surface area contributed by atoms with Crippen molar-refractivity contribution < 1.29 is 4.74 Å². The summed E-state index contributed by atoms with van der Waals surface area (Å²) in [5, 5.41) is 14.0. The lowest BCUT2D eigenvalue weighted by molar-refractivity contribution is 0.0625. The molecule has 3 heterocycles. The summed E-state index contributed by atoms with van der Waals surface area (Å²) in [4.78, 5) is 8.47. The average molecular weight is 532 g/mol. The molecule has 9 heteroatoms. The molecule has 0 spiro atoms. The smallest absolute Gasteiger partial charge is 0.194 e. The van der Waals surface area contributed by atoms with E-state index in [1.807, 2.05) is 18.5 Å². The number of hydrogen-bond donors (Lipinski definition) is 1. The number of rotatable bonds is 8. The van der Waals surface area contributed by atoms with Gasteiger partial charge in [-0.05, 0) is 50.0 Å². The molecule has 1 saturated heterocycles. The lowest BCUT2D eigenvalue weighted by Crippen LogP contribution is -2.41. The Labute approximate surface area is 195 Å². The fraction of sp³-hybridized carbons (Fsp3) is 0.650. The molecule has 2 aromatic rings. The van der Waals surface area contributed by atoms with E-state index in [9.17, 15) is 0 Å². The molecule has 0 radical (unpaired) electrons. The lowest BCUT2D eigenvalue weighted by Gasteiger charge is -2.27. The molecule has 0 bridgehead atoms. The first-order valence-electron chi connectivity index (χ1n) is 10.1. The molecule has 0 unspecified atom stereocenters. The van der Waals surface area contributed by atoms with E-state index in [0.29, 0.717) is 6.54 Å². The number of aliphatic imine (C=N–C) groups is 1. The molecule has 0 amide bonds. The van der Waals surface area contributed by atoms with Crippen LogP contribution in [0.3, 0.4) is 0 Å². The molecule has 1 fully saturated rings. The molecule has 0 aliphatic carbocycles. The van der Waals surface area contributed by atoms with Crippen LogP contribution in [0.25, 0.3) is 0 Å². The van der Waals surface area contributed by atoms with Crippen LogP contribution in [0.1, 0.15) is 35.8 Å². The molecular weight excluding hydrogens is 499 g/mol. The van der Waals surface area contributed by atoms with Gasteiger partial charge in [0.25, 0.3) is 0 Å². The Hall–Kier alpha value is -1.20. The maximum absolute atomic E-state index is 5.48. The van der Waals surface area contributed by atoms with E-state index in [4.69, 9.17) is 9.73 Å². The molecule has 3 rings (SSSR count). The summed E-state index contributed by atoms with van der Waals surface area (Å²) in [5.41, 5.74) is 0. The van der Waals surface area contributed by atoms with E-state index in [1.165, 1.54) is 24.1 Å². The van der Waals surface area contributed by atoms with Crippen LogP contribution in [-0.2, 0) is 24.8 Å². The highest BCUT2D eigenvalue weighted by Gasteiger charge is 2.16. The summed E-state index contributed by atoms with van der Waals surface area (Å²) in [6.45, 7) is 6.16. The molecule has 7 nitrogen and oxygen atoms in total. The monoisotopic (exact) mass is 532 g/mol. The number of halogens is 1. The Kier molecular flexibility index (Phi) is 10.4. The van der Waals surface area contributed by atoms with Crippen LogP contribution in [0.4, 0.5) is 0 Å². The van der Waals surface area contributed by atoms with Gasteiger partial charge in [-0.2, -0.15) is 0 Å². The Balaban J connectivity index is 0.00000300. The molecule has 0 aromatic carbocycles. The molecule has 29 heavy (non-hydrogen) atoms.